The standard InChI is InChI=1S/C20H16N2O2/c21-14-17(20(23)24)6-4-5-15-9-10-19-16(13-15)11-12-22(19)18-7-2-1-3-8-18/h1-10,13H,11-12H2,(H,23,24). The monoisotopic (exact) mass is 316 g/mol. The first-order valence-corrected chi connectivity index (χ1v) is 7.66. The van der Waals surface area contributed by atoms with E-state index in [9.17, 15) is 4.79 Å². The maximum Gasteiger partial charge on any atom is 0.346 e. The summed E-state index contributed by atoms with van der Waals surface area (Å²) in [6, 6.07) is 18.1. The van der Waals surface area contributed by atoms with Crippen molar-refractivity contribution in [3.05, 3.63) is 77.4 Å². The average Bonchev–Trinajstić information content (AvgIpc) is 3.02. The number of nitrogens with zero attached hydrogens (tertiary/aromatic N) is 2. The lowest BCUT2D eigenvalue weighted by atomic mass is 10.1. The average molecular weight is 316 g/mol. The van der Waals surface area contributed by atoms with Gasteiger partial charge in [-0.05, 0) is 47.9 Å². The lowest BCUT2D eigenvalue weighted by Gasteiger charge is -2.19. The summed E-state index contributed by atoms with van der Waals surface area (Å²) in [5, 5.41) is 17.5. The predicted octanol–water partition coefficient (Wildman–Crippen LogP) is 3.93. The van der Waals surface area contributed by atoms with Crippen LogP contribution in [0.4, 0.5) is 11.4 Å². The molecule has 24 heavy (non-hydrogen) atoms. The molecule has 118 valence electrons. The van der Waals surface area contributed by atoms with E-state index in [0.717, 1.165) is 18.5 Å². The first-order valence-electron chi connectivity index (χ1n) is 7.66. The van der Waals surface area contributed by atoms with Gasteiger partial charge in [-0.2, -0.15) is 5.26 Å². The number of carboxylic acid groups (broad SMARTS) is 1. The third-order valence-corrected chi connectivity index (χ3v) is 3.97. The van der Waals surface area contributed by atoms with Gasteiger partial charge in [-0.15, -0.1) is 0 Å². The Morgan fingerprint density at radius 3 is 2.71 bits per heavy atom. The summed E-state index contributed by atoms with van der Waals surface area (Å²) in [4.78, 5) is 13.1. The van der Waals surface area contributed by atoms with E-state index in [4.69, 9.17) is 10.4 Å². The van der Waals surface area contributed by atoms with Gasteiger partial charge in [0, 0.05) is 17.9 Å². The van der Waals surface area contributed by atoms with Gasteiger partial charge in [0.1, 0.15) is 11.6 Å². The first-order chi connectivity index (χ1) is 11.7. The molecule has 2 aromatic rings. The third-order valence-electron chi connectivity index (χ3n) is 3.97. The van der Waals surface area contributed by atoms with Crippen LogP contribution in [0.1, 0.15) is 11.1 Å². The lowest BCUT2D eigenvalue weighted by Crippen LogP contribution is -2.12. The number of benzene rings is 2. The number of para-hydroxylation sites is 1. The second kappa shape index (κ2) is 6.84. The van der Waals surface area contributed by atoms with E-state index in [1.165, 1.54) is 23.0 Å². The summed E-state index contributed by atoms with van der Waals surface area (Å²) in [5.41, 5.74) is 4.37. The molecule has 0 radical (unpaired) electrons. The van der Waals surface area contributed by atoms with E-state index >= 15 is 0 Å². The molecule has 1 aliphatic rings. The van der Waals surface area contributed by atoms with E-state index in [0.29, 0.717) is 0 Å². The van der Waals surface area contributed by atoms with E-state index in [1.807, 2.05) is 30.3 Å². The Labute approximate surface area is 140 Å². The minimum atomic E-state index is -1.21. The number of carboxylic acids is 1. The molecule has 0 saturated heterocycles. The Morgan fingerprint density at radius 1 is 1.21 bits per heavy atom. The third kappa shape index (κ3) is 3.21. The van der Waals surface area contributed by atoms with Crippen molar-refractivity contribution < 1.29 is 9.90 Å². The zero-order valence-corrected chi connectivity index (χ0v) is 13.0. The fourth-order valence-electron chi connectivity index (χ4n) is 2.81. The molecule has 1 N–H and O–H groups in total. The van der Waals surface area contributed by atoms with Crippen LogP contribution in [-0.2, 0) is 11.2 Å². The van der Waals surface area contributed by atoms with Gasteiger partial charge in [0.15, 0.2) is 0 Å². The maximum absolute atomic E-state index is 10.8. The Hall–Kier alpha value is -3.32. The second-order valence-corrected chi connectivity index (χ2v) is 5.48. The van der Waals surface area contributed by atoms with Gasteiger partial charge >= 0.3 is 5.97 Å². The number of allylic oxidation sites excluding steroid dienone is 2. The molecule has 0 atom stereocenters. The molecule has 1 heterocycles. The van der Waals surface area contributed by atoms with Gasteiger partial charge in [0.25, 0.3) is 0 Å². The Balaban J connectivity index is 1.81. The summed E-state index contributed by atoms with van der Waals surface area (Å²) in [6.45, 7) is 0.948. The van der Waals surface area contributed by atoms with Crippen molar-refractivity contribution in [2.24, 2.45) is 0 Å². The van der Waals surface area contributed by atoms with Crippen LogP contribution in [0.25, 0.3) is 6.08 Å². The number of fused-ring (bicyclic) bond motifs is 1. The van der Waals surface area contributed by atoms with E-state index < -0.39 is 5.97 Å². The highest BCUT2D eigenvalue weighted by atomic mass is 16.4. The lowest BCUT2D eigenvalue weighted by molar-refractivity contribution is -0.132. The Kier molecular flexibility index (Phi) is 4.44. The summed E-state index contributed by atoms with van der Waals surface area (Å²) in [6.07, 6.45) is 5.69. The van der Waals surface area contributed by atoms with Crippen LogP contribution in [0.2, 0.25) is 0 Å². The number of aliphatic carboxylic acids is 1. The molecule has 2 aromatic carbocycles. The van der Waals surface area contributed by atoms with Crippen LogP contribution in [0, 0.1) is 11.3 Å². The molecule has 1 aliphatic heterocycles. The van der Waals surface area contributed by atoms with Crippen LogP contribution in [0.15, 0.2) is 66.3 Å². The molecule has 4 nitrogen and oxygen atoms in total. The van der Waals surface area contributed by atoms with Crippen LogP contribution in [-0.4, -0.2) is 17.6 Å². The topological polar surface area (TPSA) is 64.3 Å². The van der Waals surface area contributed by atoms with Crippen molar-refractivity contribution in [1.82, 2.24) is 0 Å². The van der Waals surface area contributed by atoms with Gasteiger partial charge < -0.3 is 10.0 Å². The fraction of sp³-hybridized carbons (Fsp3) is 0.100. The van der Waals surface area contributed by atoms with Crippen molar-refractivity contribution >= 4 is 23.4 Å². The molecular formula is C20H16N2O2. The van der Waals surface area contributed by atoms with Crippen molar-refractivity contribution in [2.45, 2.75) is 6.42 Å². The van der Waals surface area contributed by atoms with Gasteiger partial charge in [0.05, 0.1) is 0 Å². The van der Waals surface area contributed by atoms with E-state index in [2.05, 4.69) is 29.2 Å². The highest BCUT2D eigenvalue weighted by Crippen LogP contribution is 2.34. The van der Waals surface area contributed by atoms with Crippen LogP contribution >= 0.6 is 0 Å². The SMILES string of the molecule is N#CC(=CC=Cc1ccc2c(c1)CCN2c1ccccc1)C(=O)O. The molecule has 0 bridgehead atoms. The first kappa shape index (κ1) is 15.6. The molecule has 0 amide bonds. The smallest absolute Gasteiger partial charge is 0.346 e. The number of anilines is 2. The summed E-state index contributed by atoms with van der Waals surface area (Å²) in [5.74, 6) is -1.21. The van der Waals surface area contributed by atoms with Crippen LogP contribution < -0.4 is 4.90 Å². The van der Waals surface area contributed by atoms with Gasteiger partial charge in [0.2, 0.25) is 0 Å². The Bertz CT molecular complexity index is 861. The number of hydrogen-bond acceptors (Lipinski definition) is 3. The molecule has 0 aliphatic carbocycles. The zero-order valence-electron chi connectivity index (χ0n) is 13.0. The fourth-order valence-corrected chi connectivity index (χ4v) is 2.81. The van der Waals surface area contributed by atoms with Crippen molar-refractivity contribution in [3.63, 3.8) is 0 Å². The molecular weight excluding hydrogens is 300 g/mol. The minimum absolute atomic E-state index is 0.275. The van der Waals surface area contributed by atoms with E-state index in [1.54, 1.807) is 12.1 Å². The molecule has 0 spiro atoms. The predicted molar refractivity (Wildman–Crippen MR) is 94.0 cm³/mol. The highest BCUT2D eigenvalue weighted by Gasteiger charge is 2.19. The molecule has 0 unspecified atom stereocenters. The number of rotatable bonds is 4. The van der Waals surface area contributed by atoms with E-state index in [-0.39, 0.29) is 5.57 Å². The van der Waals surface area contributed by atoms with Crippen molar-refractivity contribution in [2.75, 3.05) is 11.4 Å². The van der Waals surface area contributed by atoms with Crippen LogP contribution in [0.3, 0.4) is 0 Å². The molecule has 0 aromatic heterocycles. The van der Waals surface area contributed by atoms with Gasteiger partial charge in [-0.1, -0.05) is 36.4 Å². The highest BCUT2D eigenvalue weighted by molar-refractivity contribution is 5.91. The molecule has 3 rings (SSSR count). The molecule has 4 heteroatoms. The van der Waals surface area contributed by atoms with Crippen molar-refractivity contribution in [1.29, 1.82) is 5.26 Å². The van der Waals surface area contributed by atoms with Gasteiger partial charge in [-0.25, -0.2) is 4.79 Å². The molecule has 0 fully saturated rings. The second-order valence-electron chi connectivity index (χ2n) is 5.48. The largest absolute Gasteiger partial charge is 0.477 e. The normalized spacial score (nSPS) is 13.8. The van der Waals surface area contributed by atoms with Gasteiger partial charge in [-0.3, -0.25) is 0 Å². The number of nitriles is 1. The molecule has 0 saturated carbocycles. The quantitative estimate of drug-likeness (QED) is 0.527. The van der Waals surface area contributed by atoms with Crippen molar-refractivity contribution in [3.8, 4) is 6.07 Å². The van der Waals surface area contributed by atoms with Crippen LogP contribution in [0.5, 0.6) is 0 Å². The minimum Gasteiger partial charge on any atom is -0.477 e. The summed E-state index contributed by atoms with van der Waals surface area (Å²) >= 11 is 0. The zero-order chi connectivity index (χ0) is 16.9. The maximum atomic E-state index is 10.8. The number of carbonyl (C=O) groups is 1. The number of hydrogen-bond donors (Lipinski definition) is 1. The summed E-state index contributed by atoms with van der Waals surface area (Å²) < 4.78 is 0. The summed E-state index contributed by atoms with van der Waals surface area (Å²) in [7, 11) is 0. The Morgan fingerprint density at radius 2 is 2.00 bits per heavy atom.